The first kappa shape index (κ1) is 18.5. The van der Waals surface area contributed by atoms with Crippen LogP contribution in [0, 0.1) is 0 Å². The van der Waals surface area contributed by atoms with E-state index in [-0.39, 0.29) is 16.5 Å². The van der Waals surface area contributed by atoms with Crippen molar-refractivity contribution in [3.05, 3.63) is 84.4 Å². The predicted octanol–water partition coefficient (Wildman–Crippen LogP) is 3.75. The molecule has 0 saturated heterocycles. The molecule has 0 heterocycles. The SMILES string of the molecule is COc1ccc(S(=O)(=O)Nc2ccccc2NC(=O)c2ccccc2)cc1. The Balaban J connectivity index is 1.84. The van der Waals surface area contributed by atoms with Gasteiger partial charge >= 0.3 is 0 Å². The Bertz CT molecular complexity index is 1030. The molecular weight excluding hydrogens is 364 g/mol. The van der Waals surface area contributed by atoms with Crippen molar-refractivity contribution >= 4 is 27.3 Å². The number of nitrogens with one attached hydrogen (secondary N) is 2. The van der Waals surface area contributed by atoms with Gasteiger partial charge in [-0.15, -0.1) is 0 Å². The second-order valence-corrected chi connectivity index (χ2v) is 7.33. The Morgan fingerprint density at radius 1 is 0.815 bits per heavy atom. The fraction of sp³-hybridized carbons (Fsp3) is 0.0500. The molecule has 0 aliphatic rings. The molecule has 3 aromatic carbocycles. The third-order valence-electron chi connectivity index (χ3n) is 3.83. The zero-order valence-electron chi connectivity index (χ0n) is 14.5. The fourth-order valence-electron chi connectivity index (χ4n) is 2.42. The van der Waals surface area contributed by atoms with Crippen LogP contribution >= 0.6 is 0 Å². The number of rotatable bonds is 6. The van der Waals surface area contributed by atoms with Crippen LogP contribution in [0.1, 0.15) is 10.4 Å². The molecule has 0 saturated carbocycles. The maximum atomic E-state index is 12.6. The summed E-state index contributed by atoms with van der Waals surface area (Å²) >= 11 is 0. The van der Waals surface area contributed by atoms with E-state index < -0.39 is 10.0 Å². The first-order chi connectivity index (χ1) is 13.0. The van der Waals surface area contributed by atoms with Crippen LogP contribution < -0.4 is 14.8 Å². The summed E-state index contributed by atoms with van der Waals surface area (Å²) in [5.41, 5.74) is 1.12. The van der Waals surface area contributed by atoms with Crippen molar-refractivity contribution < 1.29 is 17.9 Å². The standard InChI is InChI=1S/C20H18N2O4S/c1-26-16-11-13-17(14-12-16)27(24,25)22-19-10-6-5-9-18(19)21-20(23)15-7-3-2-4-8-15/h2-14,22H,1H3,(H,21,23). The molecule has 7 heteroatoms. The van der Waals surface area contributed by atoms with Crippen LogP contribution in [-0.4, -0.2) is 21.4 Å². The van der Waals surface area contributed by atoms with E-state index in [4.69, 9.17) is 4.74 Å². The second-order valence-electron chi connectivity index (χ2n) is 5.65. The predicted molar refractivity (Wildman–Crippen MR) is 105 cm³/mol. The number of methoxy groups -OCH3 is 1. The highest BCUT2D eigenvalue weighted by molar-refractivity contribution is 7.92. The lowest BCUT2D eigenvalue weighted by Crippen LogP contribution is -2.17. The van der Waals surface area contributed by atoms with Gasteiger partial charge in [-0.25, -0.2) is 8.42 Å². The lowest BCUT2D eigenvalue weighted by Gasteiger charge is -2.14. The highest BCUT2D eigenvalue weighted by Crippen LogP contribution is 2.25. The summed E-state index contributed by atoms with van der Waals surface area (Å²) in [5, 5.41) is 2.73. The van der Waals surface area contributed by atoms with E-state index in [1.165, 1.54) is 19.2 Å². The number of anilines is 2. The normalized spacial score (nSPS) is 10.9. The third-order valence-corrected chi connectivity index (χ3v) is 5.21. The maximum absolute atomic E-state index is 12.6. The summed E-state index contributed by atoms with van der Waals surface area (Å²) in [5.74, 6) is 0.233. The van der Waals surface area contributed by atoms with Gasteiger partial charge in [0.05, 0.1) is 23.4 Å². The first-order valence-corrected chi connectivity index (χ1v) is 9.60. The highest BCUT2D eigenvalue weighted by Gasteiger charge is 2.17. The number of benzene rings is 3. The van der Waals surface area contributed by atoms with Crippen LogP contribution in [0.3, 0.4) is 0 Å². The molecule has 2 N–H and O–H groups in total. The summed E-state index contributed by atoms with van der Waals surface area (Å²) in [7, 11) is -2.31. The van der Waals surface area contributed by atoms with Crippen LogP contribution in [0.2, 0.25) is 0 Å². The molecule has 0 aliphatic carbocycles. The van der Waals surface area contributed by atoms with Crippen molar-refractivity contribution in [1.82, 2.24) is 0 Å². The Kier molecular flexibility index (Phi) is 5.42. The summed E-state index contributed by atoms with van der Waals surface area (Å²) in [6.45, 7) is 0. The summed E-state index contributed by atoms with van der Waals surface area (Å²) in [6.07, 6.45) is 0. The van der Waals surface area contributed by atoms with Crippen molar-refractivity contribution in [1.29, 1.82) is 0 Å². The number of amides is 1. The molecule has 0 atom stereocenters. The fourth-order valence-corrected chi connectivity index (χ4v) is 3.50. The van der Waals surface area contributed by atoms with Crippen LogP contribution in [-0.2, 0) is 10.0 Å². The number of hydrogen-bond donors (Lipinski definition) is 2. The van der Waals surface area contributed by atoms with Gasteiger partial charge in [0.2, 0.25) is 0 Å². The molecule has 27 heavy (non-hydrogen) atoms. The minimum Gasteiger partial charge on any atom is -0.497 e. The van der Waals surface area contributed by atoms with E-state index in [1.54, 1.807) is 60.7 Å². The summed E-state index contributed by atoms with van der Waals surface area (Å²) in [6, 6.07) is 21.3. The second kappa shape index (κ2) is 7.92. The smallest absolute Gasteiger partial charge is 0.261 e. The molecule has 138 valence electrons. The molecular formula is C20H18N2O4S. The van der Waals surface area contributed by atoms with E-state index in [9.17, 15) is 13.2 Å². The number of carbonyl (C=O) groups excluding carboxylic acids is 1. The number of carbonyl (C=O) groups is 1. The molecule has 0 fully saturated rings. The van der Waals surface area contributed by atoms with Crippen LogP contribution in [0.15, 0.2) is 83.8 Å². The Labute approximate surface area is 157 Å². The average Bonchev–Trinajstić information content (AvgIpc) is 2.70. The van der Waals surface area contributed by atoms with Crippen LogP contribution in [0.25, 0.3) is 0 Å². The number of sulfonamides is 1. The van der Waals surface area contributed by atoms with Gasteiger partial charge in [-0.2, -0.15) is 0 Å². The van der Waals surface area contributed by atoms with Gasteiger partial charge < -0.3 is 10.1 Å². The average molecular weight is 382 g/mol. The van der Waals surface area contributed by atoms with E-state index in [2.05, 4.69) is 10.0 Å². The molecule has 0 aliphatic heterocycles. The number of hydrogen-bond acceptors (Lipinski definition) is 4. The van der Waals surface area contributed by atoms with Crippen molar-refractivity contribution in [3.8, 4) is 5.75 Å². The Hall–Kier alpha value is -3.32. The molecule has 0 spiro atoms. The highest BCUT2D eigenvalue weighted by atomic mass is 32.2. The topological polar surface area (TPSA) is 84.5 Å². The van der Waals surface area contributed by atoms with E-state index in [0.717, 1.165) is 0 Å². The van der Waals surface area contributed by atoms with Crippen molar-refractivity contribution in [2.45, 2.75) is 4.90 Å². The number of para-hydroxylation sites is 2. The van der Waals surface area contributed by atoms with Gasteiger partial charge in [-0.3, -0.25) is 9.52 Å². The minimum absolute atomic E-state index is 0.0903. The summed E-state index contributed by atoms with van der Waals surface area (Å²) in [4.78, 5) is 12.5. The van der Waals surface area contributed by atoms with Crippen molar-refractivity contribution in [3.63, 3.8) is 0 Å². The van der Waals surface area contributed by atoms with Crippen LogP contribution in [0.5, 0.6) is 5.75 Å². The first-order valence-electron chi connectivity index (χ1n) is 8.12. The van der Waals surface area contributed by atoms with Gasteiger partial charge in [0.25, 0.3) is 15.9 Å². The van der Waals surface area contributed by atoms with Gasteiger partial charge in [0.1, 0.15) is 5.75 Å². The minimum atomic E-state index is -3.82. The molecule has 0 unspecified atom stereocenters. The quantitative estimate of drug-likeness (QED) is 0.680. The van der Waals surface area contributed by atoms with Gasteiger partial charge in [0, 0.05) is 5.56 Å². The largest absolute Gasteiger partial charge is 0.497 e. The van der Waals surface area contributed by atoms with Gasteiger partial charge in [-0.1, -0.05) is 30.3 Å². The Morgan fingerprint density at radius 2 is 1.41 bits per heavy atom. The maximum Gasteiger partial charge on any atom is 0.261 e. The zero-order valence-corrected chi connectivity index (χ0v) is 15.4. The van der Waals surface area contributed by atoms with Crippen molar-refractivity contribution in [2.24, 2.45) is 0 Å². The third kappa shape index (κ3) is 4.45. The molecule has 3 aromatic rings. The molecule has 1 amide bonds. The Morgan fingerprint density at radius 3 is 2.04 bits per heavy atom. The lowest BCUT2D eigenvalue weighted by atomic mass is 10.2. The number of ether oxygens (including phenoxy) is 1. The molecule has 6 nitrogen and oxygen atoms in total. The zero-order chi connectivity index (χ0) is 19.3. The molecule has 0 aromatic heterocycles. The van der Waals surface area contributed by atoms with Gasteiger partial charge in [-0.05, 0) is 48.5 Å². The van der Waals surface area contributed by atoms with E-state index in [1.807, 2.05) is 6.07 Å². The lowest BCUT2D eigenvalue weighted by molar-refractivity contribution is 0.102. The monoisotopic (exact) mass is 382 g/mol. The van der Waals surface area contributed by atoms with Crippen molar-refractivity contribution in [2.75, 3.05) is 17.1 Å². The van der Waals surface area contributed by atoms with Crippen LogP contribution in [0.4, 0.5) is 11.4 Å². The summed E-state index contributed by atoms with van der Waals surface area (Å²) < 4.78 is 32.8. The molecule has 0 bridgehead atoms. The molecule has 3 rings (SSSR count). The van der Waals surface area contributed by atoms with E-state index >= 15 is 0 Å². The molecule has 0 radical (unpaired) electrons. The van der Waals surface area contributed by atoms with E-state index in [0.29, 0.717) is 17.0 Å². The van der Waals surface area contributed by atoms with Gasteiger partial charge in [0.15, 0.2) is 0 Å².